The van der Waals surface area contributed by atoms with Crippen LogP contribution in [0.5, 0.6) is 0 Å². The smallest absolute Gasteiger partial charge is 0.335 e. The third-order valence-electron chi connectivity index (χ3n) is 4.62. The highest BCUT2D eigenvalue weighted by Gasteiger charge is 2.45. The predicted molar refractivity (Wildman–Crippen MR) is 109 cm³/mol. The molecule has 1 saturated heterocycles. The first-order valence-electron chi connectivity index (χ1n) is 8.99. The van der Waals surface area contributed by atoms with Crippen LogP contribution < -0.4 is 0 Å². The summed E-state index contributed by atoms with van der Waals surface area (Å²) in [4.78, 5) is 53.7. The molecule has 0 aromatic heterocycles. The first-order chi connectivity index (χ1) is 13.9. The van der Waals surface area contributed by atoms with E-state index in [1.165, 1.54) is 4.90 Å². The lowest BCUT2D eigenvalue weighted by atomic mass is 10.2. The molecule has 0 saturated carbocycles. The largest absolute Gasteiger partial charge is 0.340 e. The fraction of sp³-hybridized carbons (Fsp3) is 0.238. The lowest BCUT2D eigenvalue weighted by Gasteiger charge is -2.21. The average Bonchev–Trinajstić information content (AvgIpc) is 2.93. The number of carbonyl (C=O) groups is 4. The fourth-order valence-corrected chi connectivity index (χ4v) is 3.35. The lowest BCUT2D eigenvalue weighted by molar-refractivity contribution is -0.145. The van der Waals surface area contributed by atoms with Crippen LogP contribution >= 0.6 is 11.8 Å². The molecule has 1 fully saturated rings. The van der Waals surface area contributed by atoms with Gasteiger partial charge in [0.25, 0.3) is 0 Å². The van der Waals surface area contributed by atoms with Crippen LogP contribution in [0.3, 0.4) is 0 Å². The number of likely N-dealkylation sites (N-methyl/N-ethyl adjacent to an activating group) is 1. The van der Waals surface area contributed by atoms with Gasteiger partial charge in [0.2, 0.25) is 5.91 Å². The quantitative estimate of drug-likeness (QED) is 0.397. The molecule has 0 unspecified atom stereocenters. The van der Waals surface area contributed by atoms with Crippen LogP contribution in [0.25, 0.3) is 0 Å². The first-order valence-corrected chi connectivity index (χ1v) is 10.2. The molecule has 1 heterocycles. The van der Waals surface area contributed by atoms with Crippen LogP contribution in [-0.4, -0.2) is 58.3 Å². The van der Waals surface area contributed by atoms with Gasteiger partial charge < -0.3 is 4.90 Å². The molecular weight excluding hydrogens is 390 g/mol. The van der Waals surface area contributed by atoms with Crippen LogP contribution in [-0.2, 0) is 27.5 Å². The second kappa shape index (κ2) is 8.91. The van der Waals surface area contributed by atoms with Gasteiger partial charge in [-0.25, -0.2) is 9.69 Å². The Labute approximate surface area is 173 Å². The summed E-state index contributed by atoms with van der Waals surface area (Å²) >= 11 is 1.63. The molecule has 5 amide bonds. The van der Waals surface area contributed by atoms with Crippen LogP contribution in [0.4, 0.5) is 4.79 Å². The number of amides is 5. The van der Waals surface area contributed by atoms with E-state index in [2.05, 4.69) is 0 Å². The molecule has 1 aliphatic rings. The Hall–Kier alpha value is -3.13. The van der Waals surface area contributed by atoms with E-state index in [1.54, 1.807) is 43.1 Å². The van der Waals surface area contributed by atoms with Crippen LogP contribution in [0, 0.1) is 0 Å². The molecular formula is C21H21N3O4S. The molecule has 8 heteroatoms. The van der Waals surface area contributed by atoms with Crippen molar-refractivity contribution in [3.05, 3.63) is 65.7 Å². The maximum absolute atomic E-state index is 12.6. The van der Waals surface area contributed by atoms with Crippen molar-refractivity contribution < 1.29 is 19.2 Å². The molecule has 150 valence electrons. The third-order valence-corrected chi connectivity index (χ3v) is 5.36. The van der Waals surface area contributed by atoms with Crippen molar-refractivity contribution in [2.24, 2.45) is 0 Å². The minimum Gasteiger partial charge on any atom is -0.340 e. The molecule has 3 rings (SSSR count). The van der Waals surface area contributed by atoms with Gasteiger partial charge in [-0.2, -0.15) is 0 Å². The number of carbonyl (C=O) groups excluding carboxylic acids is 4. The molecule has 0 radical (unpaired) electrons. The number of imide groups is 2. The minimum absolute atomic E-state index is 0.00738. The maximum Gasteiger partial charge on any atom is 0.335 e. The van der Waals surface area contributed by atoms with Crippen molar-refractivity contribution >= 4 is 35.5 Å². The van der Waals surface area contributed by atoms with Crippen molar-refractivity contribution in [2.45, 2.75) is 18.0 Å². The zero-order valence-corrected chi connectivity index (χ0v) is 17.0. The summed E-state index contributed by atoms with van der Waals surface area (Å²) in [5.41, 5.74) is 1.65. The summed E-state index contributed by atoms with van der Waals surface area (Å²) < 4.78 is 0. The van der Waals surface area contributed by atoms with E-state index in [4.69, 9.17) is 0 Å². The number of thioether (sulfide) groups is 1. The summed E-state index contributed by atoms with van der Waals surface area (Å²) in [6.07, 6.45) is 1.98. The Morgan fingerprint density at radius 3 is 2.14 bits per heavy atom. The SMILES string of the molecule is CSc1ccc(CN(C)C(=O)CN2C(=O)C(=O)N(Cc3ccccc3)C2=O)cc1. The number of hydrogen-bond donors (Lipinski definition) is 0. The van der Waals surface area contributed by atoms with E-state index in [1.807, 2.05) is 36.6 Å². The number of urea groups is 1. The highest BCUT2D eigenvalue weighted by Crippen LogP contribution is 2.18. The summed E-state index contributed by atoms with van der Waals surface area (Å²) in [6, 6.07) is 15.9. The molecule has 0 N–H and O–H groups in total. The number of rotatable bonds is 7. The lowest BCUT2D eigenvalue weighted by Crippen LogP contribution is -2.41. The van der Waals surface area contributed by atoms with Gasteiger partial charge in [-0.05, 0) is 29.5 Å². The molecule has 2 aromatic rings. The molecule has 0 atom stereocenters. The fourth-order valence-electron chi connectivity index (χ4n) is 2.94. The van der Waals surface area contributed by atoms with E-state index in [-0.39, 0.29) is 6.54 Å². The van der Waals surface area contributed by atoms with E-state index >= 15 is 0 Å². The maximum atomic E-state index is 12.6. The van der Waals surface area contributed by atoms with Crippen molar-refractivity contribution in [1.29, 1.82) is 0 Å². The van der Waals surface area contributed by atoms with Gasteiger partial charge in [0, 0.05) is 18.5 Å². The zero-order chi connectivity index (χ0) is 21.0. The van der Waals surface area contributed by atoms with Gasteiger partial charge in [-0.1, -0.05) is 42.5 Å². The van der Waals surface area contributed by atoms with Crippen LogP contribution in [0.2, 0.25) is 0 Å². The van der Waals surface area contributed by atoms with E-state index < -0.39 is 30.3 Å². The topological polar surface area (TPSA) is 78.0 Å². The Morgan fingerprint density at radius 2 is 1.52 bits per heavy atom. The normalized spacial score (nSPS) is 13.9. The molecule has 0 spiro atoms. The summed E-state index contributed by atoms with van der Waals surface area (Å²) in [5.74, 6) is -2.31. The first kappa shape index (κ1) is 20.6. The van der Waals surface area contributed by atoms with Gasteiger partial charge in [-0.3, -0.25) is 19.3 Å². The third kappa shape index (κ3) is 4.65. The Bertz CT molecular complexity index is 931. The van der Waals surface area contributed by atoms with Crippen molar-refractivity contribution in [3.8, 4) is 0 Å². The van der Waals surface area contributed by atoms with Crippen molar-refractivity contribution in [1.82, 2.24) is 14.7 Å². The molecule has 0 bridgehead atoms. The van der Waals surface area contributed by atoms with E-state index in [0.717, 1.165) is 20.9 Å². The van der Waals surface area contributed by atoms with Gasteiger partial charge in [0.1, 0.15) is 6.54 Å². The molecule has 2 aromatic carbocycles. The van der Waals surface area contributed by atoms with Gasteiger partial charge in [0.05, 0.1) is 6.54 Å². The van der Waals surface area contributed by atoms with Crippen molar-refractivity contribution in [2.75, 3.05) is 19.8 Å². The number of benzene rings is 2. The van der Waals surface area contributed by atoms with Gasteiger partial charge in [0.15, 0.2) is 0 Å². The van der Waals surface area contributed by atoms with Crippen molar-refractivity contribution in [3.63, 3.8) is 0 Å². The highest BCUT2D eigenvalue weighted by molar-refractivity contribution is 7.98. The summed E-state index contributed by atoms with van der Waals surface area (Å²) in [6.45, 7) is -0.133. The van der Waals surface area contributed by atoms with E-state index in [9.17, 15) is 19.2 Å². The summed E-state index contributed by atoms with van der Waals surface area (Å²) in [7, 11) is 1.60. The summed E-state index contributed by atoms with van der Waals surface area (Å²) in [5, 5.41) is 0. The molecule has 0 aliphatic carbocycles. The highest BCUT2D eigenvalue weighted by atomic mass is 32.2. The average molecular weight is 411 g/mol. The molecule has 7 nitrogen and oxygen atoms in total. The minimum atomic E-state index is -0.975. The monoisotopic (exact) mass is 411 g/mol. The van der Waals surface area contributed by atoms with Crippen LogP contribution in [0.15, 0.2) is 59.5 Å². The number of nitrogens with zero attached hydrogens (tertiary/aromatic N) is 3. The van der Waals surface area contributed by atoms with Gasteiger partial charge >= 0.3 is 17.8 Å². The second-order valence-electron chi connectivity index (χ2n) is 6.65. The zero-order valence-electron chi connectivity index (χ0n) is 16.2. The van der Waals surface area contributed by atoms with Crippen LogP contribution in [0.1, 0.15) is 11.1 Å². The molecule has 1 aliphatic heterocycles. The Kier molecular flexibility index (Phi) is 6.33. The second-order valence-corrected chi connectivity index (χ2v) is 7.53. The van der Waals surface area contributed by atoms with E-state index in [0.29, 0.717) is 11.4 Å². The number of hydrogen-bond acceptors (Lipinski definition) is 5. The molecule has 29 heavy (non-hydrogen) atoms. The van der Waals surface area contributed by atoms with Gasteiger partial charge in [-0.15, -0.1) is 11.8 Å². The Balaban J connectivity index is 1.63. The Morgan fingerprint density at radius 1 is 0.897 bits per heavy atom. The predicted octanol–water partition coefficient (Wildman–Crippen LogP) is 2.36. The standard InChI is InChI=1S/C21H21N3O4S/c1-22(12-16-8-10-17(29-2)11-9-16)18(25)14-24-20(27)19(26)23(21(24)28)13-15-6-4-3-5-7-15/h3-11H,12-14H2,1-2H3.